The zero-order valence-electron chi connectivity index (χ0n) is 44.4. The summed E-state index contributed by atoms with van der Waals surface area (Å²) < 4.78 is 0. The number of hydrogen-bond acceptors (Lipinski definition) is 15. The standard InChI is InChI=1S/C50H82N12O14/c1-7-26(3)38(54)49(74)62-24-14-18-35(62)45(70)61-41(29(6)64)48(73)56-31(17-12-13-23-51)42(67)55-32(19-21-36(52)65)44(69)60-40(28(5)63)47(72)57-33(20-22-37(53)66)43(68)59-39(27(4)8-2)46(71)58-34(50(75)76)25-30-15-10-9-11-16-30/h9-11,15-16,26-29,31-35,38-41,63-64H,7-8,12-14,17-25,51,54H2,1-6H3,(H2,52,65)(H2,53,66)(H,55,67)(H,56,73)(H,57,72)(H,58,71)(H,59,68)(H,60,69)(H,61,70)(H,75,76)/t26-,27-,28+,29+,31-,32-,33-,34-,35-,38-,39-,40-,41-/m0/s1. The van der Waals surface area contributed by atoms with Crippen LogP contribution in [0, 0.1) is 11.8 Å². The second kappa shape index (κ2) is 32.6. The Hall–Kier alpha value is -6.77. The molecule has 1 aromatic carbocycles. The van der Waals surface area contributed by atoms with Crippen LogP contribution in [0.3, 0.4) is 0 Å². The second-order valence-electron chi connectivity index (χ2n) is 19.5. The third kappa shape index (κ3) is 21.1. The van der Waals surface area contributed by atoms with E-state index in [1.54, 1.807) is 44.2 Å². The van der Waals surface area contributed by atoms with Crippen LogP contribution in [0.15, 0.2) is 30.3 Å². The van der Waals surface area contributed by atoms with Crippen molar-refractivity contribution in [2.75, 3.05) is 13.1 Å². The zero-order valence-corrected chi connectivity index (χ0v) is 44.4. The van der Waals surface area contributed by atoms with E-state index in [4.69, 9.17) is 22.9 Å². The van der Waals surface area contributed by atoms with E-state index in [0.717, 1.165) is 6.92 Å². The maximum absolute atomic E-state index is 14.1. The molecule has 26 heteroatoms. The molecular formula is C50H82N12O14. The molecule has 0 unspecified atom stereocenters. The van der Waals surface area contributed by atoms with Gasteiger partial charge in [-0.2, -0.15) is 0 Å². The quantitative estimate of drug-likeness (QED) is 0.0298. The number of amides is 10. The monoisotopic (exact) mass is 1070 g/mol. The molecule has 18 N–H and O–H groups in total. The minimum absolute atomic E-state index is 0.0847. The summed E-state index contributed by atoms with van der Waals surface area (Å²) in [6.07, 6.45) is -2.98. The number of nitrogens with one attached hydrogen (secondary N) is 7. The lowest BCUT2D eigenvalue weighted by Gasteiger charge is -2.31. The molecule has 1 aromatic rings. The van der Waals surface area contributed by atoms with E-state index >= 15 is 0 Å². The zero-order chi connectivity index (χ0) is 57.4. The summed E-state index contributed by atoms with van der Waals surface area (Å²) >= 11 is 0. The molecule has 0 radical (unpaired) electrons. The van der Waals surface area contributed by atoms with E-state index in [2.05, 4.69) is 37.2 Å². The Labute approximate surface area is 443 Å². The number of aliphatic hydroxyl groups is 2. The number of carbonyl (C=O) groups is 11. The van der Waals surface area contributed by atoms with Gasteiger partial charge in [0.1, 0.15) is 48.3 Å². The minimum Gasteiger partial charge on any atom is -0.480 e. The maximum atomic E-state index is 14.1. The van der Waals surface area contributed by atoms with Gasteiger partial charge in [-0.3, -0.25) is 47.9 Å². The molecule has 1 heterocycles. The first-order valence-corrected chi connectivity index (χ1v) is 25.9. The lowest BCUT2D eigenvalue weighted by molar-refractivity contribution is -0.142. The van der Waals surface area contributed by atoms with Gasteiger partial charge in [0.2, 0.25) is 59.1 Å². The van der Waals surface area contributed by atoms with Gasteiger partial charge in [0.15, 0.2) is 0 Å². The Morgan fingerprint density at radius 1 is 0.605 bits per heavy atom. The van der Waals surface area contributed by atoms with Crippen molar-refractivity contribution in [2.45, 2.75) is 185 Å². The highest BCUT2D eigenvalue weighted by Crippen LogP contribution is 2.21. The van der Waals surface area contributed by atoms with Crippen LogP contribution in [0.4, 0.5) is 0 Å². The van der Waals surface area contributed by atoms with E-state index in [-0.39, 0.29) is 44.7 Å². The molecule has 1 fully saturated rings. The molecule has 1 saturated heterocycles. The number of primary amides is 2. The van der Waals surface area contributed by atoms with Crippen LogP contribution in [0.2, 0.25) is 0 Å². The van der Waals surface area contributed by atoms with Crippen molar-refractivity contribution in [1.29, 1.82) is 0 Å². The van der Waals surface area contributed by atoms with Crippen LogP contribution >= 0.6 is 0 Å². The van der Waals surface area contributed by atoms with Gasteiger partial charge in [-0.05, 0) is 82.7 Å². The number of nitrogens with two attached hydrogens (primary N) is 4. The fourth-order valence-corrected chi connectivity index (χ4v) is 8.24. The highest BCUT2D eigenvalue weighted by Gasteiger charge is 2.41. The predicted octanol–water partition coefficient (Wildman–Crippen LogP) is -3.46. The average Bonchev–Trinajstić information content (AvgIpc) is 3.87. The smallest absolute Gasteiger partial charge is 0.326 e. The molecule has 13 atom stereocenters. The van der Waals surface area contributed by atoms with Crippen molar-refractivity contribution in [3.8, 4) is 0 Å². The molecular weight excluding hydrogens is 993 g/mol. The molecule has 76 heavy (non-hydrogen) atoms. The van der Waals surface area contributed by atoms with Crippen LogP contribution in [-0.4, -0.2) is 165 Å². The van der Waals surface area contributed by atoms with Crippen LogP contribution in [0.5, 0.6) is 0 Å². The van der Waals surface area contributed by atoms with Gasteiger partial charge in [0.25, 0.3) is 0 Å². The van der Waals surface area contributed by atoms with Gasteiger partial charge in [-0.1, -0.05) is 70.9 Å². The number of likely N-dealkylation sites (tertiary alicyclic amines) is 1. The van der Waals surface area contributed by atoms with Crippen LogP contribution in [-0.2, 0) is 59.2 Å². The number of unbranched alkanes of at least 4 members (excludes halogenated alkanes) is 1. The summed E-state index contributed by atoms with van der Waals surface area (Å²) in [7, 11) is 0. The maximum Gasteiger partial charge on any atom is 0.326 e. The molecule has 0 saturated carbocycles. The number of hydrogen-bond donors (Lipinski definition) is 14. The largest absolute Gasteiger partial charge is 0.480 e. The van der Waals surface area contributed by atoms with Crippen molar-refractivity contribution in [3.05, 3.63) is 35.9 Å². The molecule has 426 valence electrons. The van der Waals surface area contributed by atoms with Gasteiger partial charge in [-0.25, -0.2) is 4.79 Å². The van der Waals surface area contributed by atoms with Gasteiger partial charge >= 0.3 is 5.97 Å². The number of aliphatic hydroxyl groups excluding tert-OH is 2. The minimum atomic E-state index is -1.89. The fraction of sp³-hybridized carbons (Fsp3) is 0.660. The molecule has 26 nitrogen and oxygen atoms in total. The SMILES string of the molecule is CC[C@H](C)[C@H](N)C(=O)N1CCC[C@H]1C(=O)N[C@H](C(=O)N[C@@H](CCCCN)C(=O)N[C@@H](CCC(N)=O)C(=O)N[C@H](C(=O)N[C@@H](CCC(N)=O)C(=O)N[C@H](C(=O)N[C@@H](Cc1ccccc1)C(=O)O)[C@@H](C)CC)[C@@H](C)O)[C@@H](C)O. The van der Waals surface area contributed by atoms with Crippen LogP contribution in [0.25, 0.3) is 0 Å². The van der Waals surface area contributed by atoms with Crippen LogP contribution in [0.1, 0.15) is 118 Å². The normalized spacial score (nSPS) is 18.0. The second-order valence-corrected chi connectivity index (χ2v) is 19.5. The topological polar surface area (TPSA) is 440 Å². The highest BCUT2D eigenvalue weighted by molar-refractivity contribution is 5.98. The number of carboxylic acid groups (broad SMARTS) is 1. The van der Waals surface area contributed by atoms with E-state index in [1.807, 2.05) is 13.8 Å². The average molecular weight is 1080 g/mol. The first-order chi connectivity index (χ1) is 35.8. The fourth-order valence-electron chi connectivity index (χ4n) is 8.24. The van der Waals surface area contributed by atoms with Gasteiger partial charge in [-0.15, -0.1) is 0 Å². The number of benzene rings is 1. The molecule has 0 aliphatic carbocycles. The molecule has 0 spiro atoms. The molecule has 10 amide bonds. The molecule has 2 rings (SSSR count). The van der Waals surface area contributed by atoms with Crippen molar-refractivity contribution in [3.63, 3.8) is 0 Å². The third-order valence-electron chi connectivity index (χ3n) is 13.4. The summed E-state index contributed by atoms with van der Waals surface area (Å²) in [4.78, 5) is 148. The van der Waals surface area contributed by atoms with E-state index < -0.39 is 163 Å². The lowest BCUT2D eigenvalue weighted by atomic mass is 9.96. The van der Waals surface area contributed by atoms with Crippen molar-refractivity contribution >= 4 is 65.0 Å². The summed E-state index contributed by atoms with van der Waals surface area (Å²) in [5.41, 5.74) is 23.3. The number of rotatable bonds is 34. The van der Waals surface area contributed by atoms with Crippen molar-refractivity contribution in [1.82, 2.24) is 42.1 Å². The summed E-state index contributed by atoms with van der Waals surface area (Å²) in [6, 6.07) is -4.44. The molecule has 0 bridgehead atoms. The van der Waals surface area contributed by atoms with Crippen LogP contribution < -0.4 is 60.2 Å². The first kappa shape index (κ1) is 65.3. The van der Waals surface area contributed by atoms with Gasteiger partial charge < -0.3 is 80.4 Å². The summed E-state index contributed by atoms with van der Waals surface area (Å²) in [5.74, 6) is -11.3. The third-order valence-corrected chi connectivity index (χ3v) is 13.4. The number of nitrogens with zero attached hydrogens (tertiary/aromatic N) is 1. The summed E-state index contributed by atoms with van der Waals surface area (Å²) in [5, 5.41) is 48.6. The highest BCUT2D eigenvalue weighted by atomic mass is 16.4. The Morgan fingerprint density at radius 2 is 1.05 bits per heavy atom. The number of aliphatic carboxylic acids is 1. The Kier molecular flexibility index (Phi) is 28.0. The van der Waals surface area contributed by atoms with E-state index in [9.17, 15) is 68.1 Å². The summed E-state index contributed by atoms with van der Waals surface area (Å²) in [6.45, 7) is 9.79. The van der Waals surface area contributed by atoms with Gasteiger partial charge in [0.05, 0.1) is 18.2 Å². The number of carboxylic acids is 1. The number of carbonyl (C=O) groups excluding carboxylic acids is 10. The predicted molar refractivity (Wildman–Crippen MR) is 276 cm³/mol. The van der Waals surface area contributed by atoms with Gasteiger partial charge in [0, 0.05) is 25.8 Å². The van der Waals surface area contributed by atoms with E-state index in [0.29, 0.717) is 31.2 Å². The first-order valence-electron chi connectivity index (χ1n) is 25.9. The molecule has 0 aromatic heterocycles. The molecule has 1 aliphatic rings. The Balaban J connectivity index is 2.38. The Bertz CT molecular complexity index is 2150. The molecule has 1 aliphatic heterocycles. The Morgan fingerprint density at radius 3 is 1.53 bits per heavy atom. The van der Waals surface area contributed by atoms with E-state index in [1.165, 1.54) is 11.8 Å². The van der Waals surface area contributed by atoms with Crippen molar-refractivity contribution < 1.29 is 68.1 Å². The lowest BCUT2D eigenvalue weighted by Crippen LogP contribution is -2.62. The van der Waals surface area contributed by atoms with Crippen molar-refractivity contribution in [2.24, 2.45) is 34.8 Å².